The van der Waals surface area contributed by atoms with Gasteiger partial charge in [0.15, 0.2) is 0 Å². The highest BCUT2D eigenvalue weighted by Crippen LogP contribution is 2.43. The average Bonchev–Trinajstić information content (AvgIpc) is 3.29. The fraction of sp³-hybridized carbons (Fsp3) is 0.259. The molecule has 1 aliphatic carbocycles. The van der Waals surface area contributed by atoms with Crippen LogP contribution in [0.1, 0.15) is 59.1 Å². The van der Waals surface area contributed by atoms with Crippen molar-refractivity contribution in [3.05, 3.63) is 93.8 Å². The van der Waals surface area contributed by atoms with Gasteiger partial charge in [-0.15, -0.1) is 0 Å². The first-order valence-corrected chi connectivity index (χ1v) is 11.3. The summed E-state index contributed by atoms with van der Waals surface area (Å²) < 4.78 is 11.4. The predicted molar refractivity (Wildman–Crippen MR) is 128 cm³/mol. The van der Waals surface area contributed by atoms with Crippen LogP contribution in [-0.2, 0) is 11.3 Å². The van der Waals surface area contributed by atoms with E-state index >= 15 is 0 Å². The van der Waals surface area contributed by atoms with Crippen LogP contribution in [0.15, 0.2) is 60.7 Å². The van der Waals surface area contributed by atoms with Crippen LogP contribution < -0.4 is 4.74 Å². The van der Waals surface area contributed by atoms with Crippen LogP contribution >= 0.6 is 11.6 Å². The lowest BCUT2D eigenvalue weighted by Gasteiger charge is -2.16. The first-order chi connectivity index (χ1) is 15.6. The molecule has 1 aromatic heterocycles. The molecule has 3 aromatic rings. The first kappa shape index (κ1) is 22.1. The number of allylic oxidation sites excluding steroid dienone is 2. The lowest BCUT2D eigenvalue weighted by Crippen LogP contribution is -2.08. The Kier molecular flexibility index (Phi) is 6.91. The van der Waals surface area contributed by atoms with Crippen LogP contribution in [0.3, 0.4) is 0 Å². The zero-order chi connectivity index (χ0) is 22.5. The van der Waals surface area contributed by atoms with Crippen molar-refractivity contribution in [3.8, 4) is 5.75 Å². The minimum atomic E-state index is -0.403. The second kappa shape index (κ2) is 10.0. The maximum atomic E-state index is 12.2. The number of pyridine rings is 1. The smallest absolute Gasteiger partial charge is 0.356 e. The van der Waals surface area contributed by atoms with Crippen molar-refractivity contribution in [2.75, 3.05) is 6.61 Å². The zero-order valence-electron chi connectivity index (χ0n) is 18.4. The van der Waals surface area contributed by atoms with Crippen LogP contribution in [-0.4, -0.2) is 17.6 Å². The number of ether oxygens (including phenoxy) is 2. The molecule has 2 aromatic carbocycles. The average molecular weight is 448 g/mol. The normalized spacial score (nSPS) is 13.3. The molecule has 1 heterocycles. The summed E-state index contributed by atoms with van der Waals surface area (Å²) in [7, 11) is 0. The fourth-order valence-electron chi connectivity index (χ4n) is 4.04. The van der Waals surface area contributed by atoms with E-state index in [0.29, 0.717) is 23.9 Å². The molecule has 4 rings (SSSR count). The highest BCUT2D eigenvalue weighted by Gasteiger charge is 2.23. The standard InChI is InChI=1S/C27H26ClNO3/c1-3-31-27(30)25-13-7-12-24(29-25)22-11-6-10-21(22)23-16-20(28)14-15-26(23)32-17-19-9-5-4-8-18(19)2/h4-5,7-9,12-16H,3,6,10-11,17H2,1-2H3. The second-order valence-corrected chi connectivity index (χ2v) is 8.23. The summed E-state index contributed by atoms with van der Waals surface area (Å²) in [5, 5.41) is 0.662. The van der Waals surface area contributed by atoms with Crippen molar-refractivity contribution in [1.29, 1.82) is 0 Å². The van der Waals surface area contributed by atoms with Gasteiger partial charge >= 0.3 is 5.97 Å². The minimum Gasteiger partial charge on any atom is -0.488 e. The van der Waals surface area contributed by atoms with E-state index < -0.39 is 5.97 Å². The molecule has 0 radical (unpaired) electrons. The summed E-state index contributed by atoms with van der Waals surface area (Å²) in [6, 6.07) is 19.4. The second-order valence-electron chi connectivity index (χ2n) is 7.79. The van der Waals surface area contributed by atoms with Gasteiger partial charge in [-0.25, -0.2) is 9.78 Å². The summed E-state index contributed by atoms with van der Waals surface area (Å²) in [4.78, 5) is 16.8. The molecule has 1 aliphatic rings. The van der Waals surface area contributed by atoms with Crippen LogP contribution in [0.5, 0.6) is 5.75 Å². The van der Waals surface area contributed by atoms with E-state index in [-0.39, 0.29) is 0 Å². The third kappa shape index (κ3) is 4.86. The number of carbonyl (C=O) groups is 1. The molecule has 0 saturated heterocycles. The van der Waals surface area contributed by atoms with Crippen LogP contribution in [0.2, 0.25) is 5.02 Å². The number of halogens is 1. The summed E-state index contributed by atoms with van der Waals surface area (Å²) in [6.07, 6.45) is 2.81. The maximum absolute atomic E-state index is 12.2. The Morgan fingerprint density at radius 2 is 1.84 bits per heavy atom. The lowest BCUT2D eigenvalue weighted by atomic mass is 9.98. The molecule has 0 aliphatic heterocycles. The molecular weight excluding hydrogens is 422 g/mol. The van der Waals surface area contributed by atoms with Gasteiger partial charge in [-0.2, -0.15) is 0 Å². The lowest BCUT2D eigenvalue weighted by molar-refractivity contribution is 0.0519. The summed E-state index contributed by atoms with van der Waals surface area (Å²) in [5.41, 5.74) is 6.75. The van der Waals surface area contributed by atoms with Gasteiger partial charge in [0, 0.05) is 10.6 Å². The molecule has 164 valence electrons. The number of hydrogen-bond donors (Lipinski definition) is 0. The Morgan fingerprint density at radius 1 is 1.03 bits per heavy atom. The van der Waals surface area contributed by atoms with Gasteiger partial charge in [0.25, 0.3) is 0 Å². The van der Waals surface area contributed by atoms with Gasteiger partial charge in [-0.05, 0) is 85.7 Å². The number of aromatic nitrogens is 1. The summed E-state index contributed by atoms with van der Waals surface area (Å²) in [6.45, 7) is 4.68. The zero-order valence-corrected chi connectivity index (χ0v) is 19.1. The van der Waals surface area contributed by atoms with Crippen LogP contribution in [0.4, 0.5) is 0 Å². The molecule has 32 heavy (non-hydrogen) atoms. The molecular formula is C27H26ClNO3. The molecule has 0 spiro atoms. The Balaban J connectivity index is 1.70. The molecule has 0 N–H and O–H groups in total. The van der Waals surface area contributed by atoms with Crippen molar-refractivity contribution in [2.45, 2.75) is 39.7 Å². The molecule has 0 atom stereocenters. The van der Waals surface area contributed by atoms with Gasteiger partial charge in [0.05, 0.1) is 12.3 Å². The Morgan fingerprint density at radius 3 is 2.66 bits per heavy atom. The van der Waals surface area contributed by atoms with Gasteiger partial charge in [-0.3, -0.25) is 0 Å². The highest BCUT2D eigenvalue weighted by molar-refractivity contribution is 6.30. The minimum absolute atomic E-state index is 0.322. The predicted octanol–water partition coefficient (Wildman–Crippen LogP) is 6.89. The number of carbonyl (C=O) groups excluding carboxylic acids is 1. The van der Waals surface area contributed by atoms with Crippen LogP contribution in [0, 0.1) is 6.92 Å². The largest absolute Gasteiger partial charge is 0.488 e. The van der Waals surface area contributed by atoms with E-state index in [0.717, 1.165) is 47.4 Å². The van der Waals surface area contributed by atoms with E-state index in [1.54, 1.807) is 13.0 Å². The van der Waals surface area contributed by atoms with E-state index in [9.17, 15) is 4.79 Å². The van der Waals surface area contributed by atoms with Crippen molar-refractivity contribution in [1.82, 2.24) is 4.98 Å². The number of esters is 1. The third-order valence-electron chi connectivity index (χ3n) is 5.67. The molecule has 0 fully saturated rings. The number of benzene rings is 2. The highest BCUT2D eigenvalue weighted by atomic mass is 35.5. The molecule has 0 bridgehead atoms. The SMILES string of the molecule is CCOC(=O)c1cccc(C2=C(c3cc(Cl)ccc3OCc3ccccc3C)CCC2)n1. The summed E-state index contributed by atoms with van der Waals surface area (Å²) >= 11 is 6.38. The molecule has 0 saturated carbocycles. The third-order valence-corrected chi connectivity index (χ3v) is 5.91. The number of aryl methyl sites for hydroxylation is 1. The van der Waals surface area contributed by atoms with Gasteiger partial charge in [0.1, 0.15) is 18.1 Å². The molecule has 5 heteroatoms. The monoisotopic (exact) mass is 447 g/mol. The van der Waals surface area contributed by atoms with E-state index in [2.05, 4.69) is 24.0 Å². The number of nitrogens with zero attached hydrogens (tertiary/aromatic N) is 1. The molecule has 0 amide bonds. The van der Waals surface area contributed by atoms with E-state index in [4.69, 9.17) is 21.1 Å². The number of rotatable bonds is 7. The van der Waals surface area contributed by atoms with E-state index in [1.807, 2.05) is 42.5 Å². The van der Waals surface area contributed by atoms with E-state index in [1.165, 1.54) is 11.1 Å². The Bertz CT molecular complexity index is 1170. The van der Waals surface area contributed by atoms with Gasteiger partial charge < -0.3 is 9.47 Å². The Labute approximate surface area is 193 Å². The van der Waals surface area contributed by atoms with Gasteiger partial charge in [0.2, 0.25) is 0 Å². The Hall–Kier alpha value is -3.11. The fourth-order valence-corrected chi connectivity index (χ4v) is 4.21. The number of hydrogen-bond acceptors (Lipinski definition) is 4. The van der Waals surface area contributed by atoms with Crippen molar-refractivity contribution in [3.63, 3.8) is 0 Å². The van der Waals surface area contributed by atoms with Crippen molar-refractivity contribution < 1.29 is 14.3 Å². The van der Waals surface area contributed by atoms with Crippen molar-refractivity contribution >= 4 is 28.7 Å². The van der Waals surface area contributed by atoms with Gasteiger partial charge in [-0.1, -0.05) is 41.9 Å². The van der Waals surface area contributed by atoms with Crippen LogP contribution in [0.25, 0.3) is 11.1 Å². The quantitative estimate of drug-likeness (QED) is 0.370. The molecule has 4 nitrogen and oxygen atoms in total. The molecule has 0 unspecified atom stereocenters. The topological polar surface area (TPSA) is 48.4 Å². The first-order valence-electron chi connectivity index (χ1n) is 10.9. The summed E-state index contributed by atoms with van der Waals surface area (Å²) in [5.74, 6) is 0.396. The maximum Gasteiger partial charge on any atom is 0.356 e. The van der Waals surface area contributed by atoms with Crippen molar-refractivity contribution in [2.24, 2.45) is 0 Å².